The van der Waals surface area contributed by atoms with Crippen molar-refractivity contribution in [2.24, 2.45) is 0 Å². The highest BCUT2D eigenvalue weighted by Gasteiger charge is 2.35. The molecular formula is C15H24N2. The molecule has 1 aromatic carbocycles. The lowest BCUT2D eigenvalue weighted by molar-refractivity contribution is 0.516. The Morgan fingerprint density at radius 3 is 2.24 bits per heavy atom. The van der Waals surface area contributed by atoms with Gasteiger partial charge >= 0.3 is 0 Å². The van der Waals surface area contributed by atoms with Crippen molar-refractivity contribution in [2.75, 3.05) is 11.5 Å². The Labute approximate surface area is 104 Å². The summed E-state index contributed by atoms with van der Waals surface area (Å²) < 4.78 is 0. The molecule has 0 saturated carbocycles. The molecule has 1 aromatic rings. The molecule has 0 unspecified atom stereocenters. The maximum atomic E-state index is 6.25. The largest absolute Gasteiger partial charge is 0.397 e. The summed E-state index contributed by atoms with van der Waals surface area (Å²) in [4.78, 5) is 0. The summed E-state index contributed by atoms with van der Waals surface area (Å²) >= 11 is 0. The van der Waals surface area contributed by atoms with E-state index in [1.165, 1.54) is 28.7 Å². The molecule has 0 aliphatic heterocycles. The number of rotatable bonds is 1. The van der Waals surface area contributed by atoms with E-state index in [0.29, 0.717) is 5.92 Å². The van der Waals surface area contributed by atoms with Gasteiger partial charge in [-0.05, 0) is 53.4 Å². The molecule has 0 radical (unpaired) electrons. The predicted molar refractivity (Wildman–Crippen MR) is 75.4 cm³/mol. The summed E-state index contributed by atoms with van der Waals surface area (Å²) in [6.45, 7) is 11.2. The Morgan fingerprint density at radius 2 is 1.71 bits per heavy atom. The maximum absolute atomic E-state index is 6.25. The van der Waals surface area contributed by atoms with Crippen LogP contribution in [0.25, 0.3) is 0 Å². The number of nitrogens with two attached hydrogens (primary N) is 2. The molecule has 2 rings (SSSR count). The Kier molecular flexibility index (Phi) is 2.64. The van der Waals surface area contributed by atoms with Crippen molar-refractivity contribution in [1.29, 1.82) is 0 Å². The third-order valence-electron chi connectivity index (χ3n) is 4.26. The number of benzene rings is 1. The Balaban J connectivity index is 2.85. The smallest absolute Gasteiger partial charge is 0.0588 e. The van der Waals surface area contributed by atoms with Gasteiger partial charge in [-0.25, -0.2) is 0 Å². The number of nitrogen functional groups attached to an aromatic ring is 2. The maximum Gasteiger partial charge on any atom is 0.0588 e. The molecule has 2 heteroatoms. The van der Waals surface area contributed by atoms with Gasteiger partial charge in [-0.2, -0.15) is 0 Å². The molecule has 1 aliphatic rings. The third kappa shape index (κ3) is 1.62. The van der Waals surface area contributed by atoms with Gasteiger partial charge in [0.2, 0.25) is 0 Å². The van der Waals surface area contributed by atoms with E-state index in [4.69, 9.17) is 11.5 Å². The van der Waals surface area contributed by atoms with Crippen molar-refractivity contribution >= 4 is 11.4 Å². The lowest BCUT2D eigenvalue weighted by atomic mass is 9.78. The molecule has 0 saturated heterocycles. The fourth-order valence-corrected chi connectivity index (χ4v) is 3.24. The van der Waals surface area contributed by atoms with Crippen LogP contribution in [-0.4, -0.2) is 0 Å². The van der Waals surface area contributed by atoms with E-state index in [1.54, 1.807) is 0 Å². The number of anilines is 2. The van der Waals surface area contributed by atoms with Crippen molar-refractivity contribution in [1.82, 2.24) is 0 Å². The van der Waals surface area contributed by atoms with Crippen LogP contribution in [0.2, 0.25) is 0 Å². The minimum absolute atomic E-state index is 0.238. The van der Waals surface area contributed by atoms with Gasteiger partial charge in [0.15, 0.2) is 0 Å². The van der Waals surface area contributed by atoms with E-state index in [0.717, 1.165) is 17.8 Å². The van der Waals surface area contributed by atoms with Crippen molar-refractivity contribution in [3.8, 4) is 0 Å². The molecule has 0 atom stereocenters. The lowest BCUT2D eigenvalue weighted by Crippen LogP contribution is -2.18. The van der Waals surface area contributed by atoms with Gasteiger partial charge in [0.05, 0.1) is 11.4 Å². The zero-order chi connectivity index (χ0) is 13.0. The van der Waals surface area contributed by atoms with E-state index in [9.17, 15) is 0 Å². The highest BCUT2D eigenvalue weighted by atomic mass is 14.7. The van der Waals surface area contributed by atoms with Gasteiger partial charge in [0.1, 0.15) is 0 Å². The standard InChI is InChI=1S/C15H24N2/c1-8(2)11-12-10(6-7-15(12,4)5)9(3)13(16)14(11)17/h8H,6-7,16-17H2,1-5H3. The molecule has 0 heterocycles. The lowest BCUT2D eigenvalue weighted by Gasteiger charge is -2.27. The first-order valence-electron chi connectivity index (χ1n) is 6.48. The Hall–Kier alpha value is -1.18. The van der Waals surface area contributed by atoms with E-state index in [2.05, 4.69) is 34.6 Å². The minimum Gasteiger partial charge on any atom is -0.397 e. The second-order valence-corrected chi connectivity index (χ2v) is 6.26. The van der Waals surface area contributed by atoms with Crippen LogP contribution in [0.15, 0.2) is 0 Å². The number of hydrogen-bond acceptors (Lipinski definition) is 2. The van der Waals surface area contributed by atoms with Crippen LogP contribution in [0.4, 0.5) is 11.4 Å². The molecule has 0 fully saturated rings. The van der Waals surface area contributed by atoms with Crippen LogP contribution in [0, 0.1) is 6.92 Å². The van der Waals surface area contributed by atoms with Gasteiger partial charge in [0, 0.05) is 0 Å². The first-order chi connectivity index (χ1) is 7.77. The molecule has 0 aromatic heterocycles. The van der Waals surface area contributed by atoms with Gasteiger partial charge in [0.25, 0.3) is 0 Å². The minimum atomic E-state index is 0.238. The zero-order valence-electron chi connectivity index (χ0n) is 11.6. The average molecular weight is 232 g/mol. The van der Waals surface area contributed by atoms with Crippen LogP contribution < -0.4 is 11.5 Å². The van der Waals surface area contributed by atoms with E-state index in [-0.39, 0.29) is 5.41 Å². The molecule has 0 bridgehead atoms. The van der Waals surface area contributed by atoms with Crippen molar-refractivity contribution in [2.45, 2.75) is 58.8 Å². The van der Waals surface area contributed by atoms with Crippen molar-refractivity contribution in [3.63, 3.8) is 0 Å². The van der Waals surface area contributed by atoms with Crippen LogP contribution >= 0.6 is 0 Å². The molecule has 4 N–H and O–H groups in total. The monoisotopic (exact) mass is 232 g/mol. The topological polar surface area (TPSA) is 52.0 Å². The predicted octanol–water partition coefficient (Wildman–Crippen LogP) is 3.51. The zero-order valence-corrected chi connectivity index (χ0v) is 11.6. The highest BCUT2D eigenvalue weighted by molar-refractivity contribution is 5.77. The first kappa shape index (κ1) is 12.3. The summed E-state index contributed by atoms with van der Waals surface area (Å²) in [6.07, 6.45) is 2.34. The number of hydrogen-bond donors (Lipinski definition) is 2. The van der Waals surface area contributed by atoms with Gasteiger partial charge in [-0.15, -0.1) is 0 Å². The summed E-state index contributed by atoms with van der Waals surface area (Å²) in [7, 11) is 0. The summed E-state index contributed by atoms with van der Waals surface area (Å²) in [5.41, 5.74) is 19.7. The van der Waals surface area contributed by atoms with Crippen LogP contribution in [0.5, 0.6) is 0 Å². The second-order valence-electron chi connectivity index (χ2n) is 6.26. The van der Waals surface area contributed by atoms with Gasteiger partial charge in [-0.1, -0.05) is 27.7 Å². The Bertz CT molecular complexity index is 471. The van der Waals surface area contributed by atoms with Gasteiger partial charge in [-0.3, -0.25) is 0 Å². The van der Waals surface area contributed by atoms with Crippen molar-refractivity contribution < 1.29 is 0 Å². The van der Waals surface area contributed by atoms with Crippen LogP contribution in [0.1, 0.15) is 62.3 Å². The quantitative estimate of drug-likeness (QED) is 0.728. The van der Waals surface area contributed by atoms with Crippen LogP contribution in [-0.2, 0) is 11.8 Å². The molecule has 94 valence electrons. The summed E-state index contributed by atoms with van der Waals surface area (Å²) in [5.74, 6) is 0.434. The second kappa shape index (κ2) is 3.66. The SMILES string of the molecule is Cc1c(N)c(N)c(C(C)C)c2c1CCC2(C)C. The molecule has 17 heavy (non-hydrogen) atoms. The highest BCUT2D eigenvalue weighted by Crippen LogP contribution is 2.48. The third-order valence-corrected chi connectivity index (χ3v) is 4.26. The summed E-state index contributed by atoms with van der Waals surface area (Å²) in [5, 5.41) is 0. The van der Waals surface area contributed by atoms with E-state index >= 15 is 0 Å². The molecule has 0 amide bonds. The molecule has 1 aliphatic carbocycles. The normalized spacial score (nSPS) is 17.5. The first-order valence-corrected chi connectivity index (χ1v) is 6.48. The molecule has 0 spiro atoms. The number of fused-ring (bicyclic) bond motifs is 1. The molecule has 2 nitrogen and oxygen atoms in total. The fraction of sp³-hybridized carbons (Fsp3) is 0.600. The van der Waals surface area contributed by atoms with Crippen molar-refractivity contribution in [3.05, 3.63) is 22.3 Å². The van der Waals surface area contributed by atoms with Crippen LogP contribution in [0.3, 0.4) is 0 Å². The van der Waals surface area contributed by atoms with E-state index < -0.39 is 0 Å². The van der Waals surface area contributed by atoms with E-state index in [1.807, 2.05) is 0 Å². The Morgan fingerprint density at radius 1 is 1.12 bits per heavy atom. The fourth-order valence-electron chi connectivity index (χ4n) is 3.24. The average Bonchev–Trinajstić information content (AvgIpc) is 2.52. The molecular weight excluding hydrogens is 208 g/mol. The van der Waals surface area contributed by atoms with Gasteiger partial charge < -0.3 is 11.5 Å². The summed E-state index contributed by atoms with van der Waals surface area (Å²) in [6, 6.07) is 0.